The number of hydrogen-bond acceptors (Lipinski definition) is 3. The van der Waals surface area contributed by atoms with E-state index in [0.29, 0.717) is 19.1 Å². The lowest BCUT2D eigenvalue weighted by Gasteiger charge is -2.28. The lowest BCUT2D eigenvalue weighted by Crippen LogP contribution is -2.39. The van der Waals surface area contributed by atoms with Crippen molar-refractivity contribution in [1.82, 2.24) is 5.32 Å². The van der Waals surface area contributed by atoms with E-state index in [9.17, 15) is 5.11 Å². The van der Waals surface area contributed by atoms with E-state index in [0.717, 1.165) is 16.9 Å². The van der Waals surface area contributed by atoms with Gasteiger partial charge in [0.1, 0.15) is 5.75 Å². The summed E-state index contributed by atoms with van der Waals surface area (Å²) >= 11 is 0. The van der Waals surface area contributed by atoms with Crippen LogP contribution in [0.3, 0.4) is 0 Å². The number of aliphatic hydroxyl groups excluding tert-OH is 1. The second-order valence-corrected chi connectivity index (χ2v) is 5.39. The third kappa shape index (κ3) is 4.36. The minimum Gasteiger partial charge on any atom is -0.493 e. The highest BCUT2D eigenvalue weighted by atomic mass is 16.5. The van der Waals surface area contributed by atoms with Crippen LogP contribution in [0.25, 0.3) is 0 Å². The smallest absolute Gasteiger partial charge is 0.125 e. The van der Waals surface area contributed by atoms with Crippen LogP contribution in [0.4, 0.5) is 0 Å². The first-order valence-electron chi connectivity index (χ1n) is 7.26. The average molecular weight is 277 g/mol. The fraction of sp³-hybridized carbons (Fsp3) is 0.529. The van der Waals surface area contributed by atoms with Crippen LogP contribution in [0.15, 0.2) is 30.9 Å². The molecule has 3 heteroatoms. The molecular formula is C17H27NO2. The number of nitrogens with one attached hydrogen (secondary N) is 1. The normalized spacial score (nSPS) is 14.1. The molecule has 0 aliphatic rings. The quantitative estimate of drug-likeness (QED) is 0.717. The first-order chi connectivity index (χ1) is 9.51. The molecule has 0 amide bonds. The minimum absolute atomic E-state index is 0.0333. The largest absolute Gasteiger partial charge is 0.493 e. The van der Waals surface area contributed by atoms with Crippen molar-refractivity contribution in [3.8, 4) is 5.75 Å². The van der Waals surface area contributed by atoms with Crippen molar-refractivity contribution in [2.45, 2.75) is 39.8 Å². The summed E-state index contributed by atoms with van der Waals surface area (Å²) in [7, 11) is 0. The molecular weight excluding hydrogens is 250 g/mol. The molecule has 2 N–H and O–H groups in total. The van der Waals surface area contributed by atoms with Gasteiger partial charge in [0.2, 0.25) is 0 Å². The Kier molecular flexibility index (Phi) is 6.76. The highest BCUT2D eigenvalue weighted by Gasteiger charge is 2.26. The monoisotopic (exact) mass is 277 g/mol. The number of rotatable bonds is 8. The van der Waals surface area contributed by atoms with E-state index >= 15 is 0 Å². The van der Waals surface area contributed by atoms with Gasteiger partial charge in [0, 0.05) is 18.2 Å². The van der Waals surface area contributed by atoms with E-state index < -0.39 is 6.10 Å². The summed E-state index contributed by atoms with van der Waals surface area (Å²) in [5, 5.41) is 14.1. The molecule has 112 valence electrons. The van der Waals surface area contributed by atoms with E-state index in [-0.39, 0.29) is 6.04 Å². The van der Waals surface area contributed by atoms with Gasteiger partial charge in [-0.1, -0.05) is 31.6 Å². The molecule has 0 spiro atoms. The molecule has 0 heterocycles. The Hall–Kier alpha value is -1.32. The molecule has 2 atom stereocenters. The Bertz CT molecular complexity index is 429. The van der Waals surface area contributed by atoms with E-state index in [2.05, 4.69) is 25.7 Å². The van der Waals surface area contributed by atoms with Gasteiger partial charge in [0.05, 0.1) is 12.7 Å². The molecule has 0 radical (unpaired) electrons. The van der Waals surface area contributed by atoms with Gasteiger partial charge in [-0.3, -0.25) is 0 Å². The molecule has 0 bridgehead atoms. The maximum Gasteiger partial charge on any atom is 0.125 e. The van der Waals surface area contributed by atoms with E-state index in [1.54, 1.807) is 0 Å². The zero-order valence-corrected chi connectivity index (χ0v) is 13.0. The van der Waals surface area contributed by atoms with Crippen molar-refractivity contribution in [2.24, 2.45) is 5.92 Å². The van der Waals surface area contributed by atoms with Crippen LogP contribution in [-0.4, -0.2) is 24.3 Å². The highest BCUT2D eigenvalue weighted by molar-refractivity contribution is 5.39. The Morgan fingerprint density at radius 2 is 2.10 bits per heavy atom. The Morgan fingerprint density at radius 3 is 2.65 bits per heavy atom. The standard InChI is InChI=1S/C17H27NO2/c1-6-10-18-16(12(3)4)17(19)14-11-13(5)8-9-15(14)20-7-2/h6,8-9,11-12,16-19H,1,7,10H2,2-5H3. The fourth-order valence-electron chi connectivity index (χ4n) is 2.31. The number of aryl methyl sites for hydroxylation is 1. The SMILES string of the molecule is C=CCNC(C(C)C)C(O)c1cc(C)ccc1OCC. The average Bonchev–Trinajstić information content (AvgIpc) is 2.41. The van der Waals surface area contributed by atoms with Gasteiger partial charge in [-0.15, -0.1) is 6.58 Å². The zero-order chi connectivity index (χ0) is 15.1. The third-order valence-electron chi connectivity index (χ3n) is 3.34. The van der Waals surface area contributed by atoms with Crippen LogP contribution in [0.1, 0.15) is 38.0 Å². The zero-order valence-electron chi connectivity index (χ0n) is 13.0. The van der Waals surface area contributed by atoms with Gasteiger partial charge in [-0.05, 0) is 31.9 Å². The van der Waals surface area contributed by atoms with Gasteiger partial charge in [0.15, 0.2) is 0 Å². The molecule has 20 heavy (non-hydrogen) atoms. The summed E-state index contributed by atoms with van der Waals surface area (Å²) in [6, 6.07) is 5.90. The predicted molar refractivity (Wildman–Crippen MR) is 84.1 cm³/mol. The lowest BCUT2D eigenvalue weighted by molar-refractivity contribution is 0.104. The number of hydrogen-bond donors (Lipinski definition) is 2. The summed E-state index contributed by atoms with van der Waals surface area (Å²) in [5.41, 5.74) is 1.97. The van der Waals surface area contributed by atoms with E-state index in [1.807, 2.05) is 38.1 Å². The van der Waals surface area contributed by atoms with Crippen LogP contribution in [0, 0.1) is 12.8 Å². The third-order valence-corrected chi connectivity index (χ3v) is 3.34. The van der Waals surface area contributed by atoms with Crippen molar-refractivity contribution in [1.29, 1.82) is 0 Å². The Balaban J connectivity index is 3.05. The van der Waals surface area contributed by atoms with Gasteiger partial charge in [-0.25, -0.2) is 0 Å². The Morgan fingerprint density at radius 1 is 1.40 bits per heavy atom. The number of benzene rings is 1. The molecule has 0 saturated carbocycles. The van der Waals surface area contributed by atoms with Crippen LogP contribution >= 0.6 is 0 Å². The number of aliphatic hydroxyl groups is 1. The van der Waals surface area contributed by atoms with Crippen LogP contribution in [0.5, 0.6) is 5.75 Å². The molecule has 3 nitrogen and oxygen atoms in total. The molecule has 1 aromatic carbocycles. The lowest BCUT2D eigenvalue weighted by atomic mass is 9.92. The summed E-state index contributed by atoms with van der Waals surface area (Å²) < 4.78 is 5.64. The van der Waals surface area contributed by atoms with Gasteiger partial charge < -0.3 is 15.2 Å². The molecule has 0 aliphatic heterocycles. The highest BCUT2D eigenvalue weighted by Crippen LogP contribution is 2.30. The summed E-state index contributed by atoms with van der Waals surface area (Å²) in [6.07, 6.45) is 1.21. The Labute approximate surface area is 122 Å². The van der Waals surface area contributed by atoms with Crippen molar-refractivity contribution < 1.29 is 9.84 Å². The maximum atomic E-state index is 10.7. The van der Waals surface area contributed by atoms with Crippen molar-refractivity contribution in [3.05, 3.63) is 42.0 Å². The second-order valence-electron chi connectivity index (χ2n) is 5.39. The fourth-order valence-corrected chi connectivity index (χ4v) is 2.31. The van der Waals surface area contributed by atoms with Crippen molar-refractivity contribution in [2.75, 3.05) is 13.2 Å². The first-order valence-corrected chi connectivity index (χ1v) is 7.26. The molecule has 2 unspecified atom stereocenters. The minimum atomic E-state index is -0.601. The maximum absolute atomic E-state index is 10.7. The van der Waals surface area contributed by atoms with Crippen molar-refractivity contribution in [3.63, 3.8) is 0 Å². The molecule has 0 aromatic heterocycles. The van der Waals surface area contributed by atoms with Gasteiger partial charge in [0.25, 0.3) is 0 Å². The van der Waals surface area contributed by atoms with Crippen LogP contribution in [-0.2, 0) is 0 Å². The summed E-state index contributed by atoms with van der Waals surface area (Å²) in [5.74, 6) is 1.07. The van der Waals surface area contributed by atoms with Gasteiger partial charge >= 0.3 is 0 Å². The predicted octanol–water partition coefficient (Wildman–Crippen LogP) is 3.23. The molecule has 1 rings (SSSR count). The summed E-state index contributed by atoms with van der Waals surface area (Å²) in [6.45, 7) is 13.2. The number of ether oxygens (including phenoxy) is 1. The molecule has 1 aromatic rings. The molecule has 0 saturated heterocycles. The summed E-state index contributed by atoms with van der Waals surface area (Å²) in [4.78, 5) is 0. The van der Waals surface area contributed by atoms with Gasteiger partial charge in [-0.2, -0.15) is 0 Å². The second kappa shape index (κ2) is 8.08. The van der Waals surface area contributed by atoms with E-state index in [1.165, 1.54) is 0 Å². The molecule has 0 fully saturated rings. The van der Waals surface area contributed by atoms with E-state index in [4.69, 9.17) is 4.74 Å². The topological polar surface area (TPSA) is 41.5 Å². The van der Waals surface area contributed by atoms with Crippen LogP contribution < -0.4 is 10.1 Å². The van der Waals surface area contributed by atoms with Crippen LogP contribution in [0.2, 0.25) is 0 Å². The first kappa shape index (κ1) is 16.7. The van der Waals surface area contributed by atoms with Crippen molar-refractivity contribution >= 4 is 0 Å². The molecule has 0 aliphatic carbocycles.